The lowest BCUT2D eigenvalue weighted by molar-refractivity contribution is -0.155. The van der Waals surface area contributed by atoms with Crippen LogP contribution in [0.4, 0.5) is 8.78 Å². The van der Waals surface area contributed by atoms with Crippen LogP contribution in [0.1, 0.15) is 83.7 Å². The first-order valence-electron chi connectivity index (χ1n) is 26.0. The van der Waals surface area contributed by atoms with Crippen molar-refractivity contribution in [3.8, 4) is 40.0 Å². The van der Waals surface area contributed by atoms with E-state index >= 15 is 0 Å². The van der Waals surface area contributed by atoms with Gasteiger partial charge in [-0.05, 0) is 110 Å². The fraction of sp³-hybridized carbons (Fsp3) is 0.536. The number of aromatic nitrogens is 2. The van der Waals surface area contributed by atoms with E-state index in [1.807, 2.05) is 31.0 Å². The van der Waals surface area contributed by atoms with Gasteiger partial charge in [0.15, 0.2) is 0 Å². The van der Waals surface area contributed by atoms with Crippen molar-refractivity contribution in [2.45, 2.75) is 110 Å². The van der Waals surface area contributed by atoms with Crippen molar-refractivity contribution in [1.29, 1.82) is 0 Å². The minimum absolute atomic E-state index is 0.0251. The Morgan fingerprint density at radius 3 is 2.52 bits per heavy atom. The maximum absolute atomic E-state index is 14.8. The number of likely N-dealkylation sites (tertiary alicyclic amines) is 1. The number of cyclic esters (lactones) is 1. The number of amides is 4. The maximum Gasteiger partial charge on any atom is 0.370 e. The van der Waals surface area contributed by atoms with Gasteiger partial charge in [-0.15, -0.1) is 0 Å². The number of alkyl halides is 2. The second-order valence-electron chi connectivity index (χ2n) is 21.3. The summed E-state index contributed by atoms with van der Waals surface area (Å²) in [5, 5.41) is 16.7. The van der Waals surface area contributed by atoms with Crippen LogP contribution in [-0.2, 0) is 57.6 Å². The van der Waals surface area contributed by atoms with Gasteiger partial charge in [-0.2, -0.15) is 8.78 Å². The van der Waals surface area contributed by atoms with Gasteiger partial charge in [0.25, 0.3) is 11.8 Å². The number of benzene rings is 2. The summed E-state index contributed by atoms with van der Waals surface area (Å²) in [6, 6.07) is 8.49. The highest BCUT2D eigenvalue weighted by Crippen LogP contribution is 2.42. The number of aromatic hydroxyl groups is 1. The lowest BCUT2D eigenvalue weighted by Gasteiger charge is -2.37. The van der Waals surface area contributed by atoms with Gasteiger partial charge in [-0.3, -0.25) is 34.0 Å². The van der Waals surface area contributed by atoms with Gasteiger partial charge in [-0.1, -0.05) is 39.8 Å². The summed E-state index contributed by atoms with van der Waals surface area (Å²) >= 11 is 0. The topological polar surface area (TPSA) is 188 Å². The molecule has 4 aromatic rings. The molecule has 0 saturated carbocycles. The third-order valence-corrected chi connectivity index (χ3v) is 14.9. The van der Waals surface area contributed by atoms with E-state index in [1.165, 1.54) is 21.9 Å². The quantitative estimate of drug-likeness (QED) is 0.1000. The molecule has 2 aromatic carbocycles. The van der Waals surface area contributed by atoms with Crippen LogP contribution in [-0.4, -0.2) is 155 Å². The zero-order valence-electron chi connectivity index (χ0n) is 44.2. The molecule has 4 aliphatic heterocycles. The first-order chi connectivity index (χ1) is 35.7. The van der Waals surface area contributed by atoms with Gasteiger partial charge >= 0.3 is 12.0 Å². The number of aryl methyl sites for hydroxylation is 1. The Hall–Kier alpha value is -6.46. The van der Waals surface area contributed by atoms with Crippen LogP contribution in [0.2, 0.25) is 0 Å². The molecule has 19 heteroatoms. The van der Waals surface area contributed by atoms with Crippen molar-refractivity contribution < 1.29 is 52.1 Å². The second-order valence-corrected chi connectivity index (χ2v) is 21.3. The fourth-order valence-corrected chi connectivity index (χ4v) is 11.0. The highest BCUT2D eigenvalue weighted by molar-refractivity contribution is 5.97. The standard InChI is InChI=1S/C56H70F2N8O9/c1-9-65-46-15-14-37-30-42(46)43(50(65)41-12-10-19-59-48(41)35(4)73-8)31-55(5,6)33-75-54(72)44-13-11-20-66(61-44)53(71)45(28-36-26-39(37)29-40(67)27-36)60-51(69)49(34(2)3)62(7)52(70)38-17-21-63(32-38)47(68)16-18-56(57,58)64-22-24-74-25-23-64/h10,12,14-15,19,26-27,29-30,34-35,38,44-45,49,61,67H,9,11,13,17,20-25,28,31-33H2,1-8H3,(H,60,69)/t35-,38-,44-,45-,49?/m0/s1. The molecular formula is C56H70F2N8O9. The highest BCUT2D eigenvalue weighted by Gasteiger charge is 2.41. The van der Waals surface area contributed by atoms with Crippen molar-refractivity contribution in [3.05, 3.63) is 71.5 Å². The molecule has 3 saturated heterocycles. The highest BCUT2D eigenvalue weighted by atomic mass is 19.3. The van der Waals surface area contributed by atoms with Gasteiger partial charge in [-0.25, -0.2) is 10.3 Å². The van der Waals surface area contributed by atoms with Crippen LogP contribution in [0.3, 0.4) is 0 Å². The van der Waals surface area contributed by atoms with E-state index in [2.05, 4.69) is 60.2 Å². The predicted molar refractivity (Wildman–Crippen MR) is 277 cm³/mol. The number of hydrogen-bond donors (Lipinski definition) is 3. The number of methoxy groups -OCH3 is 1. The number of hydrogen-bond acceptors (Lipinski definition) is 12. The Balaban J connectivity index is 1.11. The van der Waals surface area contributed by atoms with Crippen LogP contribution in [0, 0.1) is 29.1 Å². The molecule has 2 aromatic heterocycles. The van der Waals surface area contributed by atoms with Crippen molar-refractivity contribution in [2.24, 2.45) is 17.3 Å². The number of phenols is 1. The molecule has 4 aliphatic rings. The molecule has 6 bridgehead atoms. The van der Waals surface area contributed by atoms with Gasteiger partial charge in [0.1, 0.15) is 23.9 Å². The molecule has 5 atom stereocenters. The van der Waals surface area contributed by atoms with Gasteiger partial charge in [0.05, 0.1) is 43.2 Å². The molecule has 0 aliphatic carbocycles. The zero-order chi connectivity index (χ0) is 53.9. The molecule has 4 amide bonds. The van der Waals surface area contributed by atoms with Crippen molar-refractivity contribution in [1.82, 2.24) is 40.0 Å². The lowest BCUT2D eigenvalue weighted by atomic mass is 9.84. The Morgan fingerprint density at radius 2 is 1.80 bits per heavy atom. The first kappa shape index (κ1) is 54.8. The Bertz CT molecular complexity index is 2870. The van der Waals surface area contributed by atoms with Crippen LogP contribution < -0.4 is 10.7 Å². The summed E-state index contributed by atoms with van der Waals surface area (Å²) < 4.78 is 49.0. The second kappa shape index (κ2) is 22.8. The van der Waals surface area contributed by atoms with Crippen molar-refractivity contribution >= 4 is 40.5 Å². The fourth-order valence-electron chi connectivity index (χ4n) is 11.0. The number of carbonyl (C=O) groups is 5. The largest absolute Gasteiger partial charge is 0.508 e. The van der Waals surface area contributed by atoms with Gasteiger partial charge in [0, 0.05) is 93.8 Å². The monoisotopic (exact) mass is 1040 g/mol. The van der Waals surface area contributed by atoms with E-state index < -0.39 is 71.0 Å². The average Bonchev–Trinajstić information content (AvgIpc) is 4.02. The maximum atomic E-state index is 14.8. The molecule has 0 radical (unpaired) electrons. The average molecular weight is 1040 g/mol. The smallest absolute Gasteiger partial charge is 0.370 e. The number of carbonyl (C=O) groups excluding carboxylic acids is 5. The van der Waals surface area contributed by atoms with E-state index in [4.69, 9.17) is 19.2 Å². The number of hydrazine groups is 1. The lowest BCUT2D eigenvalue weighted by Crippen LogP contribution is -2.62. The minimum Gasteiger partial charge on any atom is -0.508 e. The summed E-state index contributed by atoms with van der Waals surface area (Å²) in [4.78, 5) is 79.0. The number of nitrogens with zero attached hydrogens (tertiary/aromatic N) is 6. The van der Waals surface area contributed by atoms with Crippen LogP contribution in [0.5, 0.6) is 5.75 Å². The summed E-state index contributed by atoms with van der Waals surface area (Å²) in [5.74, 6) is -0.302. The molecule has 1 unspecified atom stereocenters. The van der Waals surface area contributed by atoms with Crippen LogP contribution in [0.15, 0.2) is 54.7 Å². The Labute approximate surface area is 437 Å². The normalized spacial score (nSPS) is 21.5. The number of pyridine rings is 1. The number of nitrogens with one attached hydrogen (secondary N) is 2. The molecule has 17 nitrogen and oxygen atoms in total. The zero-order valence-corrected chi connectivity index (χ0v) is 44.2. The molecule has 402 valence electrons. The minimum atomic E-state index is -3.53. The molecule has 3 N–H and O–H groups in total. The Morgan fingerprint density at radius 1 is 1.04 bits per heavy atom. The number of fused-ring (bicyclic) bond motifs is 6. The summed E-state index contributed by atoms with van der Waals surface area (Å²) in [5.41, 5.74) is 9.21. The summed E-state index contributed by atoms with van der Waals surface area (Å²) in [6.45, 7) is 12.9. The van der Waals surface area contributed by atoms with E-state index in [1.54, 1.807) is 39.3 Å². The number of phenolic OH excluding ortho intramolecular Hbond substituents is 1. The molecule has 75 heavy (non-hydrogen) atoms. The Kier molecular flexibility index (Phi) is 16.7. The number of esters is 1. The van der Waals surface area contributed by atoms with Gasteiger partial charge in [0.2, 0.25) is 11.8 Å². The van der Waals surface area contributed by atoms with E-state index in [0.29, 0.717) is 36.9 Å². The van der Waals surface area contributed by atoms with Crippen LogP contribution >= 0.6 is 0 Å². The molecule has 3 fully saturated rings. The predicted octanol–water partition coefficient (Wildman–Crippen LogP) is 5.71. The van der Waals surface area contributed by atoms with Crippen LogP contribution in [0.25, 0.3) is 33.3 Å². The first-order valence-corrected chi connectivity index (χ1v) is 26.0. The van der Waals surface area contributed by atoms with Crippen molar-refractivity contribution in [3.63, 3.8) is 0 Å². The third kappa shape index (κ3) is 12.0. The molecule has 8 rings (SSSR count). The van der Waals surface area contributed by atoms with E-state index in [0.717, 1.165) is 43.9 Å². The number of likely N-dealkylation sites (N-methyl/N-ethyl adjacent to an activating group) is 1. The summed E-state index contributed by atoms with van der Waals surface area (Å²) in [7, 11) is 3.15. The number of halogens is 2. The molecular weight excluding hydrogens is 967 g/mol. The van der Waals surface area contributed by atoms with E-state index in [-0.39, 0.29) is 77.2 Å². The molecule has 0 spiro atoms. The van der Waals surface area contributed by atoms with Gasteiger partial charge < -0.3 is 39.0 Å². The number of rotatable bonds is 10. The SMILES string of the molecule is CCn1c(-c2cccnc2[C@H](C)OC)c2c3cc(ccc31)-c1cc(O)cc(c1)C[C@H](NC(=O)C(C(C)C)N(C)C(=O)[C@H]1CCN(C(=O)C#CC(F)(F)N3CCOCC3)C1)C(=O)N1CCC[C@H](N1)C(=O)OCC(C)(C)C2. The number of morpholine rings is 1. The summed E-state index contributed by atoms with van der Waals surface area (Å²) in [6.07, 6.45) is 2.97. The van der Waals surface area contributed by atoms with E-state index in [9.17, 15) is 37.9 Å². The third-order valence-electron chi connectivity index (χ3n) is 14.9. The van der Waals surface area contributed by atoms with Crippen molar-refractivity contribution in [2.75, 3.05) is 66.7 Å². The molecule has 6 heterocycles. The number of ether oxygens (including phenoxy) is 3.